The summed E-state index contributed by atoms with van der Waals surface area (Å²) >= 11 is 3.35. The van der Waals surface area contributed by atoms with Crippen molar-refractivity contribution in [3.8, 4) is 0 Å². The van der Waals surface area contributed by atoms with Gasteiger partial charge in [0.15, 0.2) is 0 Å². The Bertz CT molecular complexity index is 490. The Hall–Kier alpha value is -1.40. The summed E-state index contributed by atoms with van der Waals surface area (Å²) in [5.41, 5.74) is 6.09. The third-order valence-electron chi connectivity index (χ3n) is 3.40. The lowest BCUT2D eigenvalue weighted by molar-refractivity contribution is -0.125. The standard InChI is InChI=1S/C14H18BrN3O2/c15-11-3-5-12(6-4-11)17-13(19)9-18-7-1-2-10(8-18)14(16)20/h3-6,10H,1-2,7-9H2,(H2,16,20)(H,17,19)/t10-/m0/s1. The van der Waals surface area contributed by atoms with Crippen LogP contribution in [0.15, 0.2) is 28.7 Å². The van der Waals surface area contributed by atoms with E-state index in [1.807, 2.05) is 29.2 Å². The number of piperidine rings is 1. The smallest absolute Gasteiger partial charge is 0.238 e. The van der Waals surface area contributed by atoms with Gasteiger partial charge in [-0.25, -0.2) is 0 Å². The predicted molar refractivity (Wildman–Crippen MR) is 81.1 cm³/mol. The molecule has 0 unspecified atom stereocenters. The second-order valence-electron chi connectivity index (χ2n) is 5.03. The van der Waals surface area contributed by atoms with E-state index >= 15 is 0 Å². The number of carbonyl (C=O) groups is 2. The van der Waals surface area contributed by atoms with Crippen LogP contribution in [0, 0.1) is 5.92 Å². The molecule has 3 N–H and O–H groups in total. The van der Waals surface area contributed by atoms with Crippen LogP contribution in [-0.4, -0.2) is 36.3 Å². The van der Waals surface area contributed by atoms with E-state index in [0.29, 0.717) is 13.1 Å². The number of carbonyl (C=O) groups excluding carboxylic acids is 2. The van der Waals surface area contributed by atoms with Crippen molar-refractivity contribution in [1.82, 2.24) is 4.90 Å². The van der Waals surface area contributed by atoms with Gasteiger partial charge in [0.05, 0.1) is 12.5 Å². The second-order valence-corrected chi connectivity index (χ2v) is 5.95. The number of anilines is 1. The fourth-order valence-electron chi connectivity index (χ4n) is 2.37. The first-order chi connectivity index (χ1) is 9.54. The number of hydrogen-bond donors (Lipinski definition) is 2. The molecule has 6 heteroatoms. The molecule has 2 amide bonds. The van der Waals surface area contributed by atoms with Crippen molar-refractivity contribution >= 4 is 33.4 Å². The minimum Gasteiger partial charge on any atom is -0.369 e. The first kappa shape index (κ1) is 15.0. The van der Waals surface area contributed by atoms with Gasteiger partial charge in [0.1, 0.15) is 0 Å². The Labute approximate surface area is 126 Å². The van der Waals surface area contributed by atoms with Crippen molar-refractivity contribution in [2.75, 3.05) is 25.0 Å². The van der Waals surface area contributed by atoms with Gasteiger partial charge < -0.3 is 11.1 Å². The summed E-state index contributed by atoms with van der Waals surface area (Å²) in [6.45, 7) is 1.69. The molecule has 1 heterocycles. The molecule has 0 aromatic heterocycles. The maximum absolute atomic E-state index is 12.0. The summed E-state index contributed by atoms with van der Waals surface area (Å²) < 4.78 is 0.968. The van der Waals surface area contributed by atoms with Crippen molar-refractivity contribution in [1.29, 1.82) is 0 Å². The molecule has 1 aliphatic heterocycles. The van der Waals surface area contributed by atoms with E-state index in [1.165, 1.54) is 0 Å². The van der Waals surface area contributed by atoms with Gasteiger partial charge in [-0.2, -0.15) is 0 Å². The molecule has 5 nitrogen and oxygen atoms in total. The summed E-state index contributed by atoms with van der Waals surface area (Å²) in [7, 11) is 0. The van der Waals surface area contributed by atoms with Gasteiger partial charge in [0.2, 0.25) is 11.8 Å². The monoisotopic (exact) mass is 339 g/mol. The second kappa shape index (κ2) is 6.85. The van der Waals surface area contributed by atoms with Gasteiger partial charge in [-0.1, -0.05) is 15.9 Å². The molecule has 1 fully saturated rings. The van der Waals surface area contributed by atoms with E-state index in [4.69, 9.17) is 5.73 Å². The molecule has 2 rings (SSSR count). The molecule has 1 aromatic carbocycles. The zero-order valence-electron chi connectivity index (χ0n) is 11.1. The zero-order chi connectivity index (χ0) is 14.5. The van der Waals surface area contributed by atoms with Gasteiger partial charge in [-0.15, -0.1) is 0 Å². The highest BCUT2D eigenvalue weighted by atomic mass is 79.9. The summed E-state index contributed by atoms with van der Waals surface area (Å²) in [6.07, 6.45) is 1.72. The first-order valence-corrected chi connectivity index (χ1v) is 7.41. The maximum Gasteiger partial charge on any atom is 0.238 e. The Morgan fingerprint density at radius 2 is 2.05 bits per heavy atom. The first-order valence-electron chi connectivity index (χ1n) is 6.61. The van der Waals surface area contributed by atoms with Gasteiger partial charge in [0.25, 0.3) is 0 Å². The Balaban J connectivity index is 1.85. The van der Waals surface area contributed by atoms with Crippen LogP contribution in [0.1, 0.15) is 12.8 Å². The van der Waals surface area contributed by atoms with Crippen LogP contribution < -0.4 is 11.1 Å². The molecule has 20 heavy (non-hydrogen) atoms. The van der Waals surface area contributed by atoms with Crippen molar-refractivity contribution in [3.63, 3.8) is 0 Å². The fourth-order valence-corrected chi connectivity index (χ4v) is 2.63. The van der Waals surface area contributed by atoms with Gasteiger partial charge >= 0.3 is 0 Å². The van der Waals surface area contributed by atoms with E-state index in [2.05, 4.69) is 21.2 Å². The number of amides is 2. The summed E-state index contributed by atoms with van der Waals surface area (Å²) in [6, 6.07) is 7.42. The minimum atomic E-state index is -0.275. The van der Waals surface area contributed by atoms with Gasteiger partial charge in [-0.3, -0.25) is 14.5 Å². The molecular formula is C14H18BrN3O2. The van der Waals surface area contributed by atoms with E-state index in [0.717, 1.165) is 29.5 Å². The number of nitrogens with zero attached hydrogens (tertiary/aromatic N) is 1. The van der Waals surface area contributed by atoms with E-state index < -0.39 is 0 Å². The molecule has 0 saturated carbocycles. The lowest BCUT2D eigenvalue weighted by Gasteiger charge is -2.30. The van der Waals surface area contributed by atoms with Crippen LogP contribution in [0.25, 0.3) is 0 Å². The molecule has 1 saturated heterocycles. The molecule has 108 valence electrons. The quantitative estimate of drug-likeness (QED) is 0.874. The van der Waals surface area contributed by atoms with Gasteiger partial charge in [0, 0.05) is 16.7 Å². The number of rotatable bonds is 4. The third kappa shape index (κ3) is 4.31. The number of hydrogen-bond acceptors (Lipinski definition) is 3. The van der Waals surface area contributed by atoms with Crippen molar-refractivity contribution in [2.45, 2.75) is 12.8 Å². The number of nitrogens with two attached hydrogens (primary N) is 1. The van der Waals surface area contributed by atoms with Crippen molar-refractivity contribution in [3.05, 3.63) is 28.7 Å². The Kier molecular flexibility index (Phi) is 5.14. The van der Waals surface area contributed by atoms with E-state index in [1.54, 1.807) is 0 Å². The zero-order valence-corrected chi connectivity index (χ0v) is 12.7. The summed E-state index contributed by atoms with van der Waals surface area (Å²) in [4.78, 5) is 25.1. The van der Waals surface area contributed by atoms with Crippen LogP contribution in [-0.2, 0) is 9.59 Å². The number of benzene rings is 1. The molecule has 1 aliphatic rings. The number of halogens is 1. The highest BCUT2D eigenvalue weighted by Crippen LogP contribution is 2.17. The Morgan fingerprint density at radius 3 is 2.70 bits per heavy atom. The fraction of sp³-hybridized carbons (Fsp3) is 0.429. The maximum atomic E-state index is 12.0. The van der Waals surface area contributed by atoms with E-state index in [9.17, 15) is 9.59 Å². The normalized spacial score (nSPS) is 19.6. The molecule has 1 atom stereocenters. The summed E-state index contributed by atoms with van der Waals surface area (Å²) in [5.74, 6) is -0.482. The van der Waals surface area contributed by atoms with Crippen LogP contribution in [0.2, 0.25) is 0 Å². The lowest BCUT2D eigenvalue weighted by atomic mass is 9.97. The topological polar surface area (TPSA) is 75.4 Å². The number of primary amides is 1. The molecule has 0 spiro atoms. The SMILES string of the molecule is NC(=O)[C@H]1CCCN(CC(=O)Nc2ccc(Br)cc2)C1. The molecular weight excluding hydrogens is 322 g/mol. The predicted octanol–water partition coefficient (Wildman–Crippen LogP) is 1.58. The van der Waals surface area contributed by atoms with E-state index in [-0.39, 0.29) is 17.7 Å². The molecule has 1 aromatic rings. The third-order valence-corrected chi connectivity index (χ3v) is 3.93. The van der Waals surface area contributed by atoms with Crippen molar-refractivity contribution in [2.24, 2.45) is 11.7 Å². The molecule has 0 radical (unpaired) electrons. The van der Waals surface area contributed by atoms with Gasteiger partial charge in [-0.05, 0) is 43.7 Å². The number of likely N-dealkylation sites (tertiary alicyclic amines) is 1. The Morgan fingerprint density at radius 1 is 1.35 bits per heavy atom. The van der Waals surface area contributed by atoms with Crippen LogP contribution in [0.3, 0.4) is 0 Å². The molecule has 0 bridgehead atoms. The number of nitrogens with one attached hydrogen (secondary N) is 1. The highest BCUT2D eigenvalue weighted by molar-refractivity contribution is 9.10. The van der Waals surface area contributed by atoms with Crippen LogP contribution in [0.5, 0.6) is 0 Å². The molecule has 0 aliphatic carbocycles. The largest absolute Gasteiger partial charge is 0.369 e. The average Bonchev–Trinajstić information content (AvgIpc) is 2.41. The highest BCUT2D eigenvalue weighted by Gasteiger charge is 2.24. The minimum absolute atomic E-state index is 0.0718. The van der Waals surface area contributed by atoms with Crippen LogP contribution >= 0.6 is 15.9 Å². The van der Waals surface area contributed by atoms with Crippen molar-refractivity contribution < 1.29 is 9.59 Å². The van der Waals surface area contributed by atoms with Crippen LogP contribution in [0.4, 0.5) is 5.69 Å². The lowest BCUT2D eigenvalue weighted by Crippen LogP contribution is -2.44. The average molecular weight is 340 g/mol. The summed E-state index contributed by atoms with van der Waals surface area (Å²) in [5, 5.41) is 2.84.